The summed E-state index contributed by atoms with van der Waals surface area (Å²) >= 11 is 0. The summed E-state index contributed by atoms with van der Waals surface area (Å²) in [7, 11) is 0. The SMILES string of the molecule is NCCO.[CaH2]. The van der Waals surface area contributed by atoms with Crippen molar-refractivity contribution in [2.75, 3.05) is 13.2 Å². The second kappa shape index (κ2) is 8.95. The molecule has 0 heterocycles. The molecule has 0 unspecified atom stereocenters. The van der Waals surface area contributed by atoms with Gasteiger partial charge in [-0.25, -0.2) is 0 Å². The Kier molecular flexibility index (Phi) is 17.0. The maximum atomic E-state index is 7.75. The Morgan fingerprint density at radius 3 is 1.80 bits per heavy atom. The second-order valence-corrected chi connectivity index (χ2v) is 0.512. The van der Waals surface area contributed by atoms with Crippen LogP contribution in [0.4, 0.5) is 0 Å². The van der Waals surface area contributed by atoms with Gasteiger partial charge < -0.3 is 10.8 Å². The molecule has 0 spiro atoms. The first-order valence-electron chi connectivity index (χ1n) is 1.22. The van der Waals surface area contributed by atoms with E-state index in [0.29, 0.717) is 6.54 Å². The molecule has 0 bridgehead atoms. The van der Waals surface area contributed by atoms with Crippen LogP contribution in [0, 0.1) is 0 Å². The monoisotopic (exact) mass is 103 g/mol. The van der Waals surface area contributed by atoms with Crippen molar-refractivity contribution in [2.45, 2.75) is 0 Å². The Balaban J connectivity index is 0. The van der Waals surface area contributed by atoms with Gasteiger partial charge in [-0.15, -0.1) is 0 Å². The van der Waals surface area contributed by atoms with Crippen molar-refractivity contribution in [1.29, 1.82) is 0 Å². The van der Waals surface area contributed by atoms with Gasteiger partial charge in [0, 0.05) is 6.54 Å². The number of aliphatic hydroxyl groups is 1. The van der Waals surface area contributed by atoms with Crippen LogP contribution in [0.25, 0.3) is 0 Å². The van der Waals surface area contributed by atoms with Crippen LogP contribution in [0.1, 0.15) is 0 Å². The Labute approximate surface area is 61.4 Å². The van der Waals surface area contributed by atoms with Crippen molar-refractivity contribution in [2.24, 2.45) is 5.73 Å². The molecule has 0 aliphatic rings. The van der Waals surface area contributed by atoms with Gasteiger partial charge in [0.2, 0.25) is 0 Å². The van der Waals surface area contributed by atoms with Gasteiger partial charge in [0.05, 0.1) is 6.61 Å². The molecular weight excluding hydrogens is 94.1 g/mol. The summed E-state index contributed by atoms with van der Waals surface area (Å²) in [6.07, 6.45) is 0. The molecule has 0 saturated heterocycles. The van der Waals surface area contributed by atoms with Crippen molar-refractivity contribution in [3.8, 4) is 0 Å². The van der Waals surface area contributed by atoms with Gasteiger partial charge in [-0.1, -0.05) is 0 Å². The Morgan fingerprint density at radius 1 is 1.60 bits per heavy atom. The van der Waals surface area contributed by atoms with Crippen LogP contribution in [0.5, 0.6) is 0 Å². The molecule has 3 heteroatoms. The molecule has 0 amide bonds. The minimum atomic E-state index is 0. The van der Waals surface area contributed by atoms with E-state index in [2.05, 4.69) is 0 Å². The van der Waals surface area contributed by atoms with E-state index in [0.717, 1.165) is 0 Å². The predicted octanol–water partition coefficient (Wildman–Crippen LogP) is -1.98. The zero-order valence-electron chi connectivity index (χ0n) is 2.44. The zero-order chi connectivity index (χ0) is 3.41. The zero-order valence-corrected chi connectivity index (χ0v) is 2.44. The van der Waals surface area contributed by atoms with Gasteiger partial charge in [0.15, 0.2) is 0 Å². The third-order valence-electron chi connectivity index (χ3n) is 0.129. The van der Waals surface area contributed by atoms with E-state index in [-0.39, 0.29) is 44.3 Å². The summed E-state index contributed by atoms with van der Waals surface area (Å²) in [6.45, 7) is 0.472. The molecule has 2 nitrogen and oxygen atoms in total. The van der Waals surface area contributed by atoms with Crippen LogP contribution >= 0.6 is 0 Å². The average molecular weight is 103 g/mol. The quantitative estimate of drug-likeness (QED) is 0.378. The van der Waals surface area contributed by atoms with Crippen molar-refractivity contribution >= 4 is 37.7 Å². The van der Waals surface area contributed by atoms with E-state index in [1.54, 1.807) is 0 Å². The molecule has 0 radical (unpaired) electrons. The van der Waals surface area contributed by atoms with Crippen molar-refractivity contribution in [3.63, 3.8) is 0 Å². The van der Waals surface area contributed by atoms with Crippen LogP contribution in [0.2, 0.25) is 0 Å². The van der Waals surface area contributed by atoms with Gasteiger partial charge in [0.25, 0.3) is 0 Å². The molecule has 0 saturated carbocycles. The molecule has 0 atom stereocenters. The number of rotatable bonds is 1. The molecule has 3 N–H and O–H groups in total. The van der Waals surface area contributed by atoms with Crippen LogP contribution in [-0.2, 0) is 0 Å². The standard InChI is InChI=1S/C2H7NO.Ca.2H/c3-1-2-4;;;/h4H,1-3H2;;;. The molecule has 0 aromatic heterocycles. The summed E-state index contributed by atoms with van der Waals surface area (Å²) in [5.41, 5.74) is 4.78. The molecule has 0 aromatic rings. The van der Waals surface area contributed by atoms with Gasteiger partial charge in [-0.3, -0.25) is 0 Å². The van der Waals surface area contributed by atoms with Crippen molar-refractivity contribution in [3.05, 3.63) is 0 Å². The van der Waals surface area contributed by atoms with E-state index in [4.69, 9.17) is 10.8 Å². The van der Waals surface area contributed by atoms with Crippen molar-refractivity contribution in [1.82, 2.24) is 0 Å². The molecule has 0 aliphatic carbocycles. The van der Waals surface area contributed by atoms with Gasteiger partial charge in [-0.2, -0.15) is 0 Å². The normalized spacial score (nSPS) is 6.00. The summed E-state index contributed by atoms with van der Waals surface area (Å²) in [6, 6.07) is 0. The van der Waals surface area contributed by atoms with E-state index in [9.17, 15) is 0 Å². The van der Waals surface area contributed by atoms with E-state index >= 15 is 0 Å². The van der Waals surface area contributed by atoms with E-state index in [1.807, 2.05) is 0 Å². The van der Waals surface area contributed by atoms with E-state index in [1.165, 1.54) is 0 Å². The fraction of sp³-hybridized carbons (Fsp3) is 1.00. The average Bonchev–Trinajstić information content (AvgIpc) is 1.37. The Bertz CT molecular complexity index is 11.6. The molecule has 5 heavy (non-hydrogen) atoms. The van der Waals surface area contributed by atoms with Crippen LogP contribution in [0.15, 0.2) is 0 Å². The number of hydrogen-bond acceptors (Lipinski definition) is 2. The second-order valence-electron chi connectivity index (χ2n) is 0.512. The third-order valence-corrected chi connectivity index (χ3v) is 0.129. The van der Waals surface area contributed by atoms with Gasteiger partial charge in [-0.05, 0) is 0 Å². The van der Waals surface area contributed by atoms with Crippen LogP contribution < -0.4 is 5.73 Å². The number of hydrogen-bond donors (Lipinski definition) is 2. The summed E-state index contributed by atoms with van der Waals surface area (Å²) in [5.74, 6) is 0. The molecule has 0 aromatic carbocycles. The first kappa shape index (κ1) is 9.49. The fourth-order valence-corrected chi connectivity index (χ4v) is 0. The van der Waals surface area contributed by atoms with Crippen LogP contribution in [0.3, 0.4) is 0 Å². The molecule has 0 rings (SSSR count). The summed E-state index contributed by atoms with van der Waals surface area (Å²) < 4.78 is 0. The maximum absolute atomic E-state index is 7.75. The number of nitrogens with two attached hydrogens (primary N) is 1. The van der Waals surface area contributed by atoms with E-state index < -0.39 is 0 Å². The van der Waals surface area contributed by atoms with Crippen molar-refractivity contribution < 1.29 is 5.11 Å². The topological polar surface area (TPSA) is 46.2 Å². The Morgan fingerprint density at radius 2 is 1.80 bits per heavy atom. The Hall–Kier alpha value is 1.18. The predicted molar refractivity (Wildman–Crippen MR) is 24.7 cm³/mol. The summed E-state index contributed by atoms with van der Waals surface area (Å²) in [4.78, 5) is 0. The molecule has 0 fully saturated rings. The summed E-state index contributed by atoms with van der Waals surface area (Å²) in [5, 5.41) is 7.75. The molecule has 30 valence electrons. The van der Waals surface area contributed by atoms with Gasteiger partial charge in [0.1, 0.15) is 0 Å². The third kappa shape index (κ3) is 11.0. The van der Waals surface area contributed by atoms with Gasteiger partial charge >= 0.3 is 37.7 Å². The number of aliphatic hydroxyl groups excluding tert-OH is 1. The first-order chi connectivity index (χ1) is 1.91. The molecular formula is C2H9CaNO. The fourth-order valence-electron chi connectivity index (χ4n) is 0. The van der Waals surface area contributed by atoms with Crippen LogP contribution in [-0.4, -0.2) is 56.0 Å². The molecule has 0 aliphatic heterocycles. The minimum absolute atomic E-state index is 0. The first-order valence-corrected chi connectivity index (χ1v) is 1.22.